The second kappa shape index (κ2) is 7.93. The van der Waals surface area contributed by atoms with Gasteiger partial charge in [-0.3, -0.25) is 0 Å². The number of aryl methyl sites for hydroxylation is 2. The van der Waals surface area contributed by atoms with Crippen LogP contribution in [0, 0.1) is 0 Å². The highest BCUT2D eigenvalue weighted by Gasteiger charge is 1.93. The molecule has 0 spiro atoms. The van der Waals surface area contributed by atoms with E-state index in [9.17, 15) is 0 Å². The van der Waals surface area contributed by atoms with Crippen molar-refractivity contribution in [2.75, 3.05) is 0 Å². The molecular formula is C18H18O. The Hall–Kier alpha value is -2.28. The molecule has 0 aliphatic carbocycles. The Morgan fingerprint density at radius 2 is 0.947 bits per heavy atom. The van der Waals surface area contributed by atoms with Crippen LogP contribution in [0.2, 0.25) is 0 Å². The molecule has 19 heavy (non-hydrogen) atoms. The van der Waals surface area contributed by atoms with Crippen LogP contribution in [0.1, 0.15) is 11.1 Å². The zero-order chi connectivity index (χ0) is 13.2. The average molecular weight is 250 g/mol. The molecule has 0 bridgehead atoms. The monoisotopic (exact) mass is 250 g/mol. The van der Waals surface area contributed by atoms with Gasteiger partial charge in [-0.1, -0.05) is 60.7 Å². The number of hydrogen-bond donors (Lipinski definition) is 0. The molecule has 1 heteroatoms. The molecule has 1 nitrogen and oxygen atoms in total. The predicted molar refractivity (Wildman–Crippen MR) is 79.0 cm³/mol. The van der Waals surface area contributed by atoms with Crippen LogP contribution in [-0.2, 0) is 12.8 Å². The highest BCUT2D eigenvalue weighted by Crippen LogP contribution is 2.06. The van der Waals surface area contributed by atoms with E-state index >= 15 is 0 Å². The van der Waals surface area contributed by atoms with Gasteiger partial charge in [0, 0.05) is 0 Å². The van der Waals surface area contributed by atoms with E-state index < -0.39 is 0 Å². The largest absolute Gasteiger partial charge is 0.473 e. The van der Waals surface area contributed by atoms with Gasteiger partial charge >= 0.3 is 0 Å². The van der Waals surface area contributed by atoms with Crippen LogP contribution in [0.15, 0.2) is 89.7 Å². The zero-order valence-electron chi connectivity index (χ0n) is 10.9. The van der Waals surface area contributed by atoms with E-state index in [-0.39, 0.29) is 0 Å². The fraction of sp³-hybridized carbons (Fsp3) is 0.111. The molecule has 0 amide bonds. The maximum atomic E-state index is 4.58. The topological polar surface area (TPSA) is 13.1 Å². The smallest absolute Gasteiger partial charge is 0.0902 e. The summed E-state index contributed by atoms with van der Waals surface area (Å²) in [5.74, 6) is 0. The first kappa shape index (κ1) is 13.2. The van der Waals surface area contributed by atoms with Crippen LogP contribution in [0.3, 0.4) is 0 Å². The predicted octanol–water partition coefficient (Wildman–Crippen LogP) is 4.75. The van der Waals surface area contributed by atoms with Crippen molar-refractivity contribution in [3.63, 3.8) is 0 Å². The standard InChI is InChI=1S/C14H14.C4H4O/c1-3-7-13(8-4-1)11-12-14-9-5-2-6-10-14;1-2-4-5-3-1/h1-10H,11-12H2;1-4H. The molecular weight excluding hydrogens is 232 g/mol. The molecule has 0 radical (unpaired) electrons. The maximum Gasteiger partial charge on any atom is 0.0902 e. The molecule has 2 aromatic carbocycles. The quantitative estimate of drug-likeness (QED) is 0.653. The van der Waals surface area contributed by atoms with Crippen LogP contribution in [0.25, 0.3) is 0 Å². The summed E-state index contributed by atoms with van der Waals surface area (Å²) in [5.41, 5.74) is 2.83. The van der Waals surface area contributed by atoms with Crippen molar-refractivity contribution in [2.24, 2.45) is 0 Å². The minimum atomic E-state index is 1.13. The van der Waals surface area contributed by atoms with Gasteiger partial charge in [0.05, 0.1) is 12.5 Å². The van der Waals surface area contributed by atoms with Crippen molar-refractivity contribution >= 4 is 0 Å². The van der Waals surface area contributed by atoms with Gasteiger partial charge in [-0.15, -0.1) is 0 Å². The minimum absolute atomic E-state index is 1.13. The molecule has 3 aromatic rings. The first-order valence-corrected chi connectivity index (χ1v) is 6.50. The molecule has 0 N–H and O–H groups in total. The first-order valence-electron chi connectivity index (χ1n) is 6.50. The zero-order valence-corrected chi connectivity index (χ0v) is 10.9. The van der Waals surface area contributed by atoms with Crippen molar-refractivity contribution in [3.8, 4) is 0 Å². The normalized spacial score (nSPS) is 9.47. The number of furan rings is 1. The van der Waals surface area contributed by atoms with Gasteiger partial charge in [0.15, 0.2) is 0 Å². The van der Waals surface area contributed by atoms with Crippen LogP contribution < -0.4 is 0 Å². The fourth-order valence-electron chi connectivity index (χ4n) is 1.80. The van der Waals surface area contributed by atoms with Gasteiger partial charge in [-0.05, 0) is 36.1 Å². The van der Waals surface area contributed by atoms with Gasteiger partial charge in [0.2, 0.25) is 0 Å². The summed E-state index contributed by atoms with van der Waals surface area (Å²) in [6.07, 6.45) is 5.51. The van der Waals surface area contributed by atoms with Crippen molar-refractivity contribution in [2.45, 2.75) is 12.8 Å². The van der Waals surface area contributed by atoms with E-state index in [0.29, 0.717) is 0 Å². The van der Waals surface area contributed by atoms with Gasteiger partial charge in [-0.25, -0.2) is 0 Å². The lowest BCUT2D eigenvalue weighted by molar-refractivity contribution is 0.567. The molecule has 3 rings (SSSR count). The lowest BCUT2D eigenvalue weighted by Crippen LogP contribution is -1.89. The minimum Gasteiger partial charge on any atom is -0.473 e. The number of hydrogen-bond acceptors (Lipinski definition) is 1. The summed E-state index contributed by atoms with van der Waals surface area (Å²) < 4.78 is 4.58. The molecule has 0 aliphatic heterocycles. The maximum absolute atomic E-state index is 4.58. The third kappa shape index (κ3) is 5.26. The molecule has 1 aromatic heterocycles. The highest BCUT2D eigenvalue weighted by molar-refractivity contribution is 5.19. The highest BCUT2D eigenvalue weighted by atomic mass is 16.3. The lowest BCUT2D eigenvalue weighted by atomic mass is 10.0. The first-order chi connectivity index (χ1) is 9.45. The van der Waals surface area contributed by atoms with Crippen molar-refractivity contribution in [1.82, 2.24) is 0 Å². The Balaban J connectivity index is 0.000000224. The van der Waals surface area contributed by atoms with Crippen LogP contribution in [-0.4, -0.2) is 0 Å². The molecule has 0 atom stereocenters. The van der Waals surface area contributed by atoms with Crippen LogP contribution >= 0.6 is 0 Å². The summed E-state index contributed by atoms with van der Waals surface area (Å²) in [6.45, 7) is 0. The van der Waals surface area contributed by atoms with Gasteiger partial charge < -0.3 is 4.42 Å². The molecule has 1 heterocycles. The summed E-state index contributed by atoms with van der Waals surface area (Å²) in [7, 11) is 0. The molecule has 0 saturated carbocycles. The van der Waals surface area contributed by atoms with Crippen molar-refractivity contribution in [3.05, 3.63) is 96.4 Å². The van der Waals surface area contributed by atoms with Crippen molar-refractivity contribution in [1.29, 1.82) is 0 Å². The number of benzene rings is 2. The van der Waals surface area contributed by atoms with Gasteiger partial charge in [0.1, 0.15) is 0 Å². The Labute approximate surface area is 114 Å². The van der Waals surface area contributed by atoms with E-state index in [4.69, 9.17) is 0 Å². The summed E-state index contributed by atoms with van der Waals surface area (Å²) >= 11 is 0. The van der Waals surface area contributed by atoms with Gasteiger partial charge in [-0.2, -0.15) is 0 Å². The molecule has 96 valence electrons. The van der Waals surface area contributed by atoms with Gasteiger partial charge in [0.25, 0.3) is 0 Å². The second-order valence-electron chi connectivity index (χ2n) is 4.26. The summed E-state index contributed by atoms with van der Waals surface area (Å²) in [5, 5.41) is 0. The van der Waals surface area contributed by atoms with Crippen LogP contribution in [0.4, 0.5) is 0 Å². The van der Waals surface area contributed by atoms with E-state index in [1.165, 1.54) is 11.1 Å². The Morgan fingerprint density at radius 1 is 0.526 bits per heavy atom. The number of rotatable bonds is 3. The molecule has 0 aliphatic rings. The second-order valence-corrected chi connectivity index (χ2v) is 4.26. The summed E-state index contributed by atoms with van der Waals surface area (Å²) in [6, 6.07) is 24.9. The van der Waals surface area contributed by atoms with E-state index in [0.717, 1.165) is 12.8 Å². The molecule has 0 saturated heterocycles. The molecule has 0 fully saturated rings. The Bertz CT molecular complexity index is 470. The SMILES string of the molecule is c1ccc(CCc2ccccc2)cc1.c1ccoc1. The third-order valence-electron chi connectivity index (χ3n) is 2.81. The average Bonchev–Trinajstić information content (AvgIpc) is 3.07. The van der Waals surface area contributed by atoms with E-state index in [2.05, 4.69) is 65.1 Å². The van der Waals surface area contributed by atoms with Crippen LogP contribution in [0.5, 0.6) is 0 Å². The van der Waals surface area contributed by atoms with E-state index in [1.54, 1.807) is 12.5 Å². The fourth-order valence-corrected chi connectivity index (χ4v) is 1.80. The molecule has 0 unspecified atom stereocenters. The van der Waals surface area contributed by atoms with Crippen molar-refractivity contribution < 1.29 is 4.42 Å². The summed E-state index contributed by atoms with van der Waals surface area (Å²) in [4.78, 5) is 0. The Morgan fingerprint density at radius 3 is 1.26 bits per heavy atom. The Kier molecular flexibility index (Phi) is 5.49. The lowest BCUT2D eigenvalue weighted by Gasteiger charge is -2.01. The van der Waals surface area contributed by atoms with E-state index in [1.807, 2.05) is 12.1 Å². The third-order valence-corrected chi connectivity index (χ3v) is 2.81.